The minimum atomic E-state index is 0.105. The van der Waals surface area contributed by atoms with Gasteiger partial charge in [0.05, 0.1) is 19.3 Å². The molecule has 1 aromatic carbocycles. The summed E-state index contributed by atoms with van der Waals surface area (Å²) in [6.07, 6.45) is 5.02. The number of rotatable bonds is 6. The van der Waals surface area contributed by atoms with Gasteiger partial charge in [-0.3, -0.25) is 4.68 Å². The Labute approximate surface area is 128 Å². The number of aromatic nitrogens is 2. The topological polar surface area (TPSA) is 39.1 Å². The maximum atomic E-state index is 5.34. The Balaban J connectivity index is 2.40. The number of aryl methyl sites for hydroxylation is 1. The first kappa shape index (κ1) is 15.1. The fraction of sp³-hybridized carbons (Fsp3) is 0.400. The van der Waals surface area contributed by atoms with E-state index >= 15 is 0 Å². The van der Waals surface area contributed by atoms with E-state index in [2.05, 4.69) is 39.3 Å². The van der Waals surface area contributed by atoms with Gasteiger partial charge in [-0.2, -0.15) is 5.10 Å². The zero-order valence-corrected chi connectivity index (χ0v) is 13.6. The second kappa shape index (κ2) is 6.90. The number of methoxy groups -OCH3 is 1. The van der Waals surface area contributed by atoms with E-state index in [1.807, 2.05) is 36.3 Å². The summed E-state index contributed by atoms with van der Waals surface area (Å²) < 4.78 is 8.23. The number of nitrogens with zero attached hydrogens (tertiary/aromatic N) is 2. The van der Waals surface area contributed by atoms with Crippen molar-refractivity contribution in [2.75, 3.05) is 13.7 Å². The minimum absolute atomic E-state index is 0.105. The highest BCUT2D eigenvalue weighted by Crippen LogP contribution is 2.31. The molecule has 0 aliphatic rings. The molecule has 1 atom stereocenters. The summed E-state index contributed by atoms with van der Waals surface area (Å²) in [5.41, 5.74) is 2.31. The average Bonchev–Trinajstić information content (AvgIpc) is 2.87. The van der Waals surface area contributed by atoms with Crippen LogP contribution in [0.4, 0.5) is 0 Å². The Morgan fingerprint density at radius 1 is 1.45 bits per heavy atom. The summed E-state index contributed by atoms with van der Waals surface area (Å²) in [6, 6.07) is 6.14. The number of ether oxygens (including phenoxy) is 1. The zero-order valence-electron chi connectivity index (χ0n) is 12.1. The molecule has 0 amide bonds. The molecule has 1 heterocycles. The molecular formula is C15H20BrN3O. The molecule has 0 spiro atoms. The molecule has 4 nitrogen and oxygen atoms in total. The monoisotopic (exact) mass is 337 g/mol. The van der Waals surface area contributed by atoms with E-state index in [9.17, 15) is 0 Å². The van der Waals surface area contributed by atoms with Crippen molar-refractivity contribution < 1.29 is 4.74 Å². The van der Waals surface area contributed by atoms with Crippen LogP contribution in [0.1, 0.15) is 30.5 Å². The van der Waals surface area contributed by atoms with Crippen molar-refractivity contribution in [2.45, 2.75) is 19.4 Å². The molecule has 2 rings (SSSR count). The lowest BCUT2D eigenvalue weighted by atomic mass is 10.0. The van der Waals surface area contributed by atoms with Crippen molar-refractivity contribution >= 4 is 15.9 Å². The molecule has 0 aliphatic heterocycles. The molecule has 0 fully saturated rings. The highest BCUT2D eigenvalue weighted by Gasteiger charge is 2.18. The fourth-order valence-electron chi connectivity index (χ4n) is 2.16. The molecule has 108 valence electrons. The number of hydrogen-bond donors (Lipinski definition) is 1. The molecule has 0 saturated heterocycles. The van der Waals surface area contributed by atoms with Crippen molar-refractivity contribution in [3.63, 3.8) is 0 Å². The number of halogens is 1. The molecule has 1 aromatic heterocycles. The first-order valence-corrected chi connectivity index (χ1v) is 7.50. The van der Waals surface area contributed by atoms with E-state index in [-0.39, 0.29) is 6.04 Å². The van der Waals surface area contributed by atoms with Crippen LogP contribution in [-0.2, 0) is 7.05 Å². The summed E-state index contributed by atoms with van der Waals surface area (Å²) in [5, 5.41) is 7.84. The average molecular weight is 338 g/mol. The Bertz CT molecular complexity index is 568. The molecule has 1 N–H and O–H groups in total. The van der Waals surface area contributed by atoms with Crippen molar-refractivity contribution in [3.8, 4) is 5.75 Å². The lowest BCUT2D eigenvalue weighted by molar-refractivity contribution is 0.413. The van der Waals surface area contributed by atoms with Crippen molar-refractivity contribution in [3.05, 3.63) is 46.2 Å². The van der Waals surface area contributed by atoms with E-state index in [0.717, 1.165) is 34.3 Å². The van der Waals surface area contributed by atoms with E-state index < -0.39 is 0 Å². The minimum Gasteiger partial charge on any atom is -0.497 e. The van der Waals surface area contributed by atoms with E-state index in [1.54, 1.807) is 7.11 Å². The van der Waals surface area contributed by atoms with E-state index in [0.29, 0.717) is 0 Å². The van der Waals surface area contributed by atoms with Gasteiger partial charge in [0, 0.05) is 23.3 Å². The lowest BCUT2D eigenvalue weighted by Gasteiger charge is -2.20. The van der Waals surface area contributed by atoms with Crippen LogP contribution in [0.2, 0.25) is 0 Å². The van der Waals surface area contributed by atoms with E-state index in [4.69, 9.17) is 4.74 Å². The summed E-state index contributed by atoms with van der Waals surface area (Å²) in [7, 11) is 3.62. The Morgan fingerprint density at radius 3 is 2.85 bits per heavy atom. The van der Waals surface area contributed by atoms with Gasteiger partial charge < -0.3 is 10.1 Å². The van der Waals surface area contributed by atoms with Gasteiger partial charge in [-0.1, -0.05) is 22.9 Å². The molecule has 0 aliphatic carbocycles. The smallest absolute Gasteiger partial charge is 0.119 e. The maximum absolute atomic E-state index is 5.34. The van der Waals surface area contributed by atoms with Crippen molar-refractivity contribution in [2.24, 2.45) is 7.05 Å². The molecule has 0 radical (unpaired) electrons. The van der Waals surface area contributed by atoms with Gasteiger partial charge in [0.2, 0.25) is 0 Å². The Kier molecular flexibility index (Phi) is 5.20. The van der Waals surface area contributed by atoms with Gasteiger partial charge in [-0.25, -0.2) is 0 Å². The van der Waals surface area contributed by atoms with E-state index in [1.165, 1.54) is 0 Å². The molecule has 5 heteroatoms. The third-order valence-corrected chi connectivity index (χ3v) is 3.89. The highest BCUT2D eigenvalue weighted by molar-refractivity contribution is 9.10. The Morgan fingerprint density at radius 2 is 2.25 bits per heavy atom. The maximum Gasteiger partial charge on any atom is 0.119 e. The van der Waals surface area contributed by atoms with Crippen LogP contribution in [-0.4, -0.2) is 23.4 Å². The molecular weight excluding hydrogens is 318 g/mol. The van der Waals surface area contributed by atoms with Crippen molar-refractivity contribution in [1.82, 2.24) is 15.1 Å². The summed E-state index contributed by atoms with van der Waals surface area (Å²) in [6.45, 7) is 3.11. The second-order valence-corrected chi connectivity index (χ2v) is 5.58. The molecule has 2 aromatic rings. The SMILES string of the molecule is CCCNC(c1cnn(C)c1)c1cc(OC)ccc1Br. The van der Waals surface area contributed by atoms with Gasteiger partial charge in [0.25, 0.3) is 0 Å². The van der Waals surface area contributed by atoms with Crippen LogP contribution < -0.4 is 10.1 Å². The van der Waals surface area contributed by atoms with Crippen LogP contribution in [0.25, 0.3) is 0 Å². The van der Waals surface area contributed by atoms with Gasteiger partial charge in [0.15, 0.2) is 0 Å². The van der Waals surface area contributed by atoms with Gasteiger partial charge >= 0.3 is 0 Å². The first-order chi connectivity index (χ1) is 9.65. The number of nitrogens with one attached hydrogen (secondary N) is 1. The predicted molar refractivity (Wildman–Crippen MR) is 84.0 cm³/mol. The van der Waals surface area contributed by atoms with Crippen molar-refractivity contribution in [1.29, 1.82) is 0 Å². The normalized spacial score (nSPS) is 12.4. The standard InChI is InChI=1S/C15H20BrN3O/c1-4-7-17-15(11-9-18-19(2)10-11)13-8-12(20-3)5-6-14(13)16/h5-6,8-10,15,17H,4,7H2,1-3H3. The summed E-state index contributed by atoms with van der Waals surface area (Å²) >= 11 is 3.63. The van der Waals surface area contributed by atoms with Gasteiger partial charge in [-0.15, -0.1) is 0 Å². The van der Waals surface area contributed by atoms with Crippen LogP contribution in [0.15, 0.2) is 35.1 Å². The van der Waals surface area contributed by atoms with Gasteiger partial charge in [-0.05, 0) is 36.7 Å². The zero-order chi connectivity index (χ0) is 14.5. The van der Waals surface area contributed by atoms with Crippen LogP contribution in [0.3, 0.4) is 0 Å². The van der Waals surface area contributed by atoms with Gasteiger partial charge in [0.1, 0.15) is 5.75 Å². The van der Waals surface area contributed by atoms with Crippen LogP contribution in [0, 0.1) is 0 Å². The highest BCUT2D eigenvalue weighted by atomic mass is 79.9. The summed E-state index contributed by atoms with van der Waals surface area (Å²) in [5.74, 6) is 0.857. The van der Waals surface area contributed by atoms with Crippen LogP contribution >= 0.6 is 15.9 Å². The lowest BCUT2D eigenvalue weighted by Crippen LogP contribution is -2.23. The largest absolute Gasteiger partial charge is 0.497 e. The molecule has 1 unspecified atom stereocenters. The third kappa shape index (κ3) is 3.41. The number of benzene rings is 1. The molecule has 0 bridgehead atoms. The molecule has 0 saturated carbocycles. The predicted octanol–water partition coefficient (Wildman–Crippen LogP) is 3.28. The first-order valence-electron chi connectivity index (χ1n) is 6.71. The summed E-state index contributed by atoms with van der Waals surface area (Å²) in [4.78, 5) is 0. The Hall–Kier alpha value is -1.33. The fourth-order valence-corrected chi connectivity index (χ4v) is 2.63. The molecule has 20 heavy (non-hydrogen) atoms. The van der Waals surface area contributed by atoms with Crippen LogP contribution in [0.5, 0.6) is 5.75 Å². The second-order valence-electron chi connectivity index (χ2n) is 4.72. The quantitative estimate of drug-likeness (QED) is 0.879. The number of hydrogen-bond acceptors (Lipinski definition) is 3. The third-order valence-electron chi connectivity index (χ3n) is 3.17.